The van der Waals surface area contributed by atoms with Crippen LogP contribution in [0.15, 0.2) is 36.8 Å². The molecule has 2 aromatic rings. The molecule has 4 fully saturated rings. The number of carbonyl (C=O) groups is 11. The van der Waals surface area contributed by atoms with E-state index in [1.807, 2.05) is 0 Å². The van der Waals surface area contributed by atoms with Crippen LogP contribution in [-0.4, -0.2) is 180 Å². The third-order valence-electron chi connectivity index (χ3n) is 14.3. The molecule has 0 aliphatic carbocycles. The monoisotopic (exact) mass is 1080 g/mol. The standard InChI is InChI=1S/C51H73N13O13/c1-28(2)22-34-44(70)57-33(16-17-41(53)66)49(75)64-21-7-11-40(64)51(77)63-20-6-10-39(63)48(74)60-35(23-29-12-14-31(65)15-13-29)45(71)61-37(24-30-26-54-27-55-30)50(76)62-19-5-9-38(62)47(73)56-32(8-3-4-18-52)43(69)59-36(25-42(67)68)46(72)58-34/h12-15,26-28,32-40,65H,3-11,16-25,52H2,1-2H3,(H2,53,66)(H,54,55)(H,56,73)(H,57,70)(H,58,72)(H,59,69)(H,60,74)(H,61,71)(H,67,68)/t32-,33+,34-,35-,36-,37+,38-,39-,40+/m0/s1. The average molecular weight is 1080 g/mol. The zero-order chi connectivity index (χ0) is 55.9. The fourth-order valence-electron chi connectivity index (χ4n) is 10.4. The first kappa shape index (κ1) is 58.6. The molecule has 0 spiro atoms. The lowest BCUT2D eigenvalue weighted by atomic mass is 10.0. The predicted octanol–water partition coefficient (Wildman–Crippen LogP) is -2.29. The van der Waals surface area contributed by atoms with Crippen molar-refractivity contribution in [1.29, 1.82) is 0 Å². The van der Waals surface area contributed by atoms with E-state index in [-0.39, 0.29) is 95.6 Å². The molecule has 1 aromatic carbocycles. The van der Waals surface area contributed by atoms with Gasteiger partial charge in [-0.3, -0.25) is 52.7 Å². The van der Waals surface area contributed by atoms with Gasteiger partial charge in [-0.2, -0.15) is 0 Å². The molecule has 1 aromatic heterocycles. The first-order valence-electron chi connectivity index (χ1n) is 26.4. The molecule has 13 N–H and O–H groups in total. The van der Waals surface area contributed by atoms with Gasteiger partial charge in [-0.15, -0.1) is 0 Å². The number of phenolic OH excluding ortho intramolecular Hbond substituents is 1. The first-order chi connectivity index (χ1) is 36.7. The van der Waals surface area contributed by atoms with Gasteiger partial charge >= 0.3 is 5.97 Å². The second kappa shape index (κ2) is 27.4. The topological polar surface area (TPSA) is 391 Å². The number of hydrogen-bond acceptors (Lipinski definition) is 14. The molecule has 26 heteroatoms. The number of nitrogens with zero attached hydrogens (tertiary/aromatic N) is 4. The molecule has 0 saturated carbocycles. The molecule has 6 rings (SSSR count). The minimum Gasteiger partial charge on any atom is -0.508 e. The average Bonchev–Trinajstić information content (AvgIpc) is 4.25. The van der Waals surface area contributed by atoms with Crippen molar-refractivity contribution in [2.45, 2.75) is 165 Å². The first-order valence-corrected chi connectivity index (χ1v) is 26.4. The fourth-order valence-corrected chi connectivity index (χ4v) is 10.4. The molecule has 4 aliphatic rings. The number of carboxylic acid groups (broad SMARTS) is 1. The number of fused-ring (bicyclic) bond motifs is 3. The van der Waals surface area contributed by atoms with Crippen molar-refractivity contribution in [1.82, 2.24) is 56.6 Å². The van der Waals surface area contributed by atoms with E-state index in [2.05, 4.69) is 41.9 Å². The number of aromatic hydroxyl groups is 1. The lowest BCUT2D eigenvalue weighted by Crippen LogP contribution is -2.60. The van der Waals surface area contributed by atoms with Gasteiger partial charge in [-0.1, -0.05) is 26.0 Å². The Morgan fingerprint density at radius 2 is 1.13 bits per heavy atom. The van der Waals surface area contributed by atoms with Gasteiger partial charge in [0.15, 0.2) is 0 Å². The number of imidazole rings is 1. The number of primary amides is 1. The van der Waals surface area contributed by atoms with Crippen LogP contribution in [0.3, 0.4) is 0 Å². The maximum atomic E-state index is 14.8. The number of H-pyrrole nitrogens is 1. The van der Waals surface area contributed by atoms with E-state index in [1.54, 1.807) is 26.0 Å². The third kappa shape index (κ3) is 16.0. The van der Waals surface area contributed by atoms with Crippen LogP contribution >= 0.6 is 0 Å². The summed E-state index contributed by atoms with van der Waals surface area (Å²) in [5, 5.41) is 35.9. The number of nitrogens with two attached hydrogens (primary N) is 2. The molecular weight excluding hydrogens is 1000 g/mol. The Morgan fingerprint density at radius 3 is 1.71 bits per heavy atom. The molecular formula is C51H73N13O13. The van der Waals surface area contributed by atoms with Crippen molar-refractivity contribution in [3.63, 3.8) is 0 Å². The van der Waals surface area contributed by atoms with Crippen molar-refractivity contribution in [3.05, 3.63) is 48.0 Å². The number of phenols is 1. The Morgan fingerprint density at radius 1 is 0.623 bits per heavy atom. The third-order valence-corrected chi connectivity index (χ3v) is 14.3. The van der Waals surface area contributed by atoms with Crippen molar-refractivity contribution in [2.75, 3.05) is 26.2 Å². The maximum absolute atomic E-state index is 14.8. The highest BCUT2D eigenvalue weighted by Gasteiger charge is 2.46. The van der Waals surface area contributed by atoms with Crippen LogP contribution in [0.1, 0.15) is 109 Å². The zero-order valence-corrected chi connectivity index (χ0v) is 43.5. The van der Waals surface area contributed by atoms with Crippen molar-refractivity contribution >= 4 is 65.0 Å². The number of aromatic amines is 1. The number of rotatable bonds is 15. The molecule has 0 unspecified atom stereocenters. The number of aromatic nitrogens is 2. The molecule has 0 bridgehead atoms. The fraction of sp³-hybridized carbons (Fsp3) is 0.608. The second-order valence-corrected chi connectivity index (χ2v) is 20.6. The second-order valence-electron chi connectivity index (χ2n) is 20.6. The van der Waals surface area contributed by atoms with E-state index in [9.17, 15) is 63.0 Å². The summed E-state index contributed by atoms with van der Waals surface area (Å²) in [6, 6.07) is -6.28. The van der Waals surface area contributed by atoms with Crippen LogP contribution in [0.25, 0.3) is 0 Å². The Balaban J connectivity index is 1.41. The Hall–Kier alpha value is -7.64. The number of aliphatic carboxylic acids is 1. The number of carboxylic acids is 1. The molecule has 77 heavy (non-hydrogen) atoms. The minimum atomic E-state index is -1.80. The number of hydrogen-bond donors (Lipinski definition) is 11. The van der Waals surface area contributed by atoms with Crippen LogP contribution in [0.5, 0.6) is 5.75 Å². The van der Waals surface area contributed by atoms with Crippen molar-refractivity contribution < 1.29 is 63.0 Å². The summed E-state index contributed by atoms with van der Waals surface area (Å²) >= 11 is 0. The maximum Gasteiger partial charge on any atom is 0.305 e. The van der Waals surface area contributed by atoms with E-state index in [0.29, 0.717) is 43.4 Å². The lowest BCUT2D eigenvalue weighted by Gasteiger charge is -2.34. The zero-order valence-electron chi connectivity index (χ0n) is 43.5. The molecule has 420 valence electrons. The molecule has 26 nitrogen and oxygen atoms in total. The smallest absolute Gasteiger partial charge is 0.305 e. The summed E-state index contributed by atoms with van der Waals surface area (Å²) in [5.74, 6) is -9.81. The van der Waals surface area contributed by atoms with Crippen LogP contribution in [-0.2, 0) is 65.6 Å². The largest absolute Gasteiger partial charge is 0.508 e. The van der Waals surface area contributed by atoms with Crippen molar-refractivity contribution in [3.8, 4) is 5.75 Å². The summed E-state index contributed by atoms with van der Waals surface area (Å²) in [7, 11) is 0. The van der Waals surface area contributed by atoms with Crippen LogP contribution < -0.4 is 43.4 Å². The highest BCUT2D eigenvalue weighted by Crippen LogP contribution is 2.27. The van der Waals surface area contributed by atoms with Crippen LogP contribution in [0, 0.1) is 5.92 Å². The molecule has 4 saturated heterocycles. The molecule has 5 heterocycles. The summed E-state index contributed by atoms with van der Waals surface area (Å²) in [4.78, 5) is 165. The SMILES string of the molecule is CC(C)C[C@@H]1NC(=O)[C@H](CC(=O)O)NC(=O)[C@H](CCCCN)NC(=O)[C@@H]2CCCN2C(=O)[C@@H](Cc2cnc[nH]2)NC(=O)[C@H](Cc2ccc(O)cc2)NC(=O)[C@@H]2CCCN2C(=O)[C@H]2CCCN2C(=O)[C@@H](CCC(N)=O)NC1=O. The molecule has 0 radical (unpaired) electrons. The van der Waals surface area contributed by atoms with Gasteiger partial charge in [-0.05, 0) is 101 Å². The summed E-state index contributed by atoms with van der Waals surface area (Å²) in [6.45, 7) is 3.96. The molecule has 10 amide bonds. The number of nitrogens with one attached hydrogen (secondary N) is 7. The van der Waals surface area contributed by atoms with Gasteiger partial charge in [0.25, 0.3) is 0 Å². The highest BCUT2D eigenvalue weighted by molar-refractivity contribution is 6.00. The van der Waals surface area contributed by atoms with E-state index in [4.69, 9.17) is 11.5 Å². The predicted molar refractivity (Wildman–Crippen MR) is 273 cm³/mol. The van der Waals surface area contributed by atoms with Gasteiger partial charge in [-0.25, -0.2) is 4.98 Å². The van der Waals surface area contributed by atoms with Crippen LogP contribution in [0.2, 0.25) is 0 Å². The van der Waals surface area contributed by atoms with Gasteiger partial charge in [0.1, 0.15) is 60.1 Å². The summed E-state index contributed by atoms with van der Waals surface area (Å²) < 4.78 is 0. The Bertz CT molecular complexity index is 2470. The lowest BCUT2D eigenvalue weighted by molar-refractivity contribution is -0.148. The quantitative estimate of drug-likeness (QED) is 0.0837. The van der Waals surface area contributed by atoms with Gasteiger partial charge in [0.2, 0.25) is 59.1 Å². The normalized spacial score (nSPS) is 26.7. The van der Waals surface area contributed by atoms with Gasteiger partial charge in [0, 0.05) is 50.8 Å². The Labute approximate surface area is 445 Å². The van der Waals surface area contributed by atoms with Crippen LogP contribution in [0.4, 0.5) is 0 Å². The number of benzene rings is 1. The Kier molecular flexibility index (Phi) is 20.9. The minimum absolute atomic E-state index is 0.0231. The molecule has 4 aliphatic heterocycles. The summed E-state index contributed by atoms with van der Waals surface area (Å²) in [6.07, 6.45) is 3.18. The number of unbranched alkanes of at least 4 members (excludes halogenated alkanes) is 1. The van der Waals surface area contributed by atoms with Crippen molar-refractivity contribution in [2.24, 2.45) is 17.4 Å². The number of amides is 10. The van der Waals surface area contributed by atoms with E-state index in [0.717, 1.165) is 0 Å². The van der Waals surface area contributed by atoms with E-state index in [1.165, 1.54) is 39.4 Å². The van der Waals surface area contributed by atoms with Gasteiger partial charge < -0.3 is 73.3 Å². The van der Waals surface area contributed by atoms with E-state index >= 15 is 0 Å². The highest BCUT2D eigenvalue weighted by atomic mass is 16.4. The number of carbonyl (C=O) groups excluding carboxylic acids is 10. The van der Waals surface area contributed by atoms with Gasteiger partial charge in [0.05, 0.1) is 12.7 Å². The van der Waals surface area contributed by atoms with E-state index < -0.39 is 126 Å². The summed E-state index contributed by atoms with van der Waals surface area (Å²) in [5.41, 5.74) is 12.2. The molecule has 9 atom stereocenters.